The number of carbonyl (C=O) groups is 1. The maximum Gasteiger partial charge on any atom is 0.270 e. The second-order valence-electron chi connectivity index (χ2n) is 5.10. The summed E-state index contributed by atoms with van der Waals surface area (Å²) in [5, 5.41) is 0. The van der Waals surface area contributed by atoms with Crippen LogP contribution in [0, 0.1) is 0 Å². The van der Waals surface area contributed by atoms with Crippen LogP contribution in [0.5, 0.6) is 5.75 Å². The third-order valence-corrected chi connectivity index (χ3v) is 5.90. The van der Waals surface area contributed by atoms with E-state index in [9.17, 15) is 4.79 Å². The normalized spacial score (nSPS) is 16.0. The lowest BCUT2D eigenvalue weighted by Gasteiger charge is -2.13. The van der Waals surface area contributed by atoms with Gasteiger partial charge in [0.25, 0.3) is 5.91 Å². The summed E-state index contributed by atoms with van der Waals surface area (Å²) in [6.45, 7) is 2.51. The van der Waals surface area contributed by atoms with Crippen molar-refractivity contribution in [1.82, 2.24) is 0 Å². The summed E-state index contributed by atoms with van der Waals surface area (Å²) in [5.41, 5.74) is 1.67. The number of ether oxygens (including phenoxy) is 1. The van der Waals surface area contributed by atoms with E-state index in [-0.39, 0.29) is 5.91 Å². The number of carbonyl (C=O) groups excluding carboxylic acids is 1. The van der Waals surface area contributed by atoms with Gasteiger partial charge in [-0.25, -0.2) is 0 Å². The molecule has 0 unspecified atom stereocenters. The number of para-hydroxylation sites is 1. The highest BCUT2D eigenvalue weighted by Crippen LogP contribution is 2.39. The molecule has 1 amide bonds. The van der Waals surface area contributed by atoms with Gasteiger partial charge in [-0.05, 0) is 74.7 Å². The third-order valence-electron chi connectivity index (χ3n) is 3.42. The molecule has 0 atom stereocenters. The lowest BCUT2D eigenvalue weighted by molar-refractivity contribution is -0.113. The lowest BCUT2D eigenvalue weighted by Crippen LogP contribution is -2.27. The standard InChI is InChI=1S/C18H13Br2NO2S2/c1-2-23-16-13(19)8-11(9-14(16)20)10-15-17(22)21(18(24)25-15)12-6-4-3-5-7-12/h3-10H,2H2,1H3/b15-10+. The number of benzene rings is 2. The average molecular weight is 499 g/mol. The third kappa shape index (κ3) is 4.00. The maximum atomic E-state index is 12.8. The summed E-state index contributed by atoms with van der Waals surface area (Å²) in [5.74, 6) is 0.638. The van der Waals surface area contributed by atoms with Crippen LogP contribution in [0.1, 0.15) is 12.5 Å². The molecular weight excluding hydrogens is 486 g/mol. The second-order valence-corrected chi connectivity index (χ2v) is 8.48. The van der Waals surface area contributed by atoms with Gasteiger partial charge in [0.15, 0.2) is 4.32 Å². The Morgan fingerprint density at radius 1 is 1.20 bits per heavy atom. The van der Waals surface area contributed by atoms with Crippen LogP contribution in [0.2, 0.25) is 0 Å². The van der Waals surface area contributed by atoms with Gasteiger partial charge in [0.05, 0.1) is 26.1 Å². The number of halogens is 2. The first kappa shape index (κ1) is 18.6. The Bertz CT molecular complexity index is 846. The fraction of sp³-hybridized carbons (Fsp3) is 0.111. The predicted molar refractivity (Wildman–Crippen MR) is 115 cm³/mol. The van der Waals surface area contributed by atoms with Crippen LogP contribution in [-0.4, -0.2) is 16.8 Å². The summed E-state index contributed by atoms with van der Waals surface area (Å²) >= 11 is 13.7. The number of nitrogens with zero attached hydrogens (tertiary/aromatic N) is 1. The van der Waals surface area contributed by atoms with Crippen LogP contribution in [0.15, 0.2) is 56.3 Å². The van der Waals surface area contributed by atoms with E-state index in [0.717, 1.165) is 25.9 Å². The van der Waals surface area contributed by atoms with Gasteiger partial charge in [0, 0.05) is 0 Å². The van der Waals surface area contributed by atoms with Crippen molar-refractivity contribution < 1.29 is 9.53 Å². The second kappa shape index (κ2) is 8.03. The molecule has 2 aromatic carbocycles. The number of thiocarbonyl (C=S) groups is 1. The highest BCUT2D eigenvalue weighted by atomic mass is 79.9. The first-order valence-electron chi connectivity index (χ1n) is 7.46. The van der Waals surface area contributed by atoms with Gasteiger partial charge in [-0.2, -0.15) is 0 Å². The number of hydrogen-bond acceptors (Lipinski definition) is 4. The van der Waals surface area contributed by atoms with E-state index in [1.807, 2.05) is 55.5 Å². The van der Waals surface area contributed by atoms with Crippen LogP contribution in [0.4, 0.5) is 5.69 Å². The van der Waals surface area contributed by atoms with Crippen LogP contribution in [-0.2, 0) is 4.79 Å². The number of hydrogen-bond donors (Lipinski definition) is 0. The monoisotopic (exact) mass is 497 g/mol. The van der Waals surface area contributed by atoms with Crippen molar-refractivity contribution in [2.24, 2.45) is 0 Å². The van der Waals surface area contributed by atoms with E-state index in [1.165, 1.54) is 11.8 Å². The Hall–Kier alpha value is -1.15. The fourth-order valence-corrected chi connectivity index (χ4v) is 5.11. The maximum absolute atomic E-state index is 12.8. The zero-order valence-electron chi connectivity index (χ0n) is 13.2. The number of amides is 1. The summed E-state index contributed by atoms with van der Waals surface area (Å²) in [4.78, 5) is 14.9. The van der Waals surface area contributed by atoms with Gasteiger partial charge in [-0.3, -0.25) is 9.69 Å². The van der Waals surface area contributed by atoms with Gasteiger partial charge in [-0.15, -0.1) is 0 Å². The smallest absolute Gasteiger partial charge is 0.270 e. The van der Waals surface area contributed by atoms with Gasteiger partial charge < -0.3 is 4.74 Å². The minimum atomic E-state index is -0.109. The minimum Gasteiger partial charge on any atom is -0.492 e. The van der Waals surface area contributed by atoms with Crippen LogP contribution in [0.3, 0.4) is 0 Å². The van der Waals surface area contributed by atoms with Crippen molar-refractivity contribution in [2.75, 3.05) is 11.5 Å². The highest BCUT2D eigenvalue weighted by Gasteiger charge is 2.33. The van der Waals surface area contributed by atoms with Gasteiger partial charge >= 0.3 is 0 Å². The van der Waals surface area contributed by atoms with E-state index in [0.29, 0.717) is 15.8 Å². The largest absolute Gasteiger partial charge is 0.492 e. The molecular formula is C18H13Br2NO2S2. The Morgan fingerprint density at radius 3 is 2.44 bits per heavy atom. The molecule has 1 saturated heterocycles. The Morgan fingerprint density at radius 2 is 1.84 bits per heavy atom. The number of thioether (sulfide) groups is 1. The van der Waals surface area contributed by atoms with Crippen molar-refractivity contribution in [3.8, 4) is 5.75 Å². The van der Waals surface area contributed by atoms with Gasteiger partial charge in [0.1, 0.15) is 5.75 Å². The van der Waals surface area contributed by atoms with Crippen LogP contribution < -0.4 is 9.64 Å². The van der Waals surface area contributed by atoms with E-state index in [4.69, 9.17) is 17.0 Å². The summed E-state index contributed by atoms with van der Waals surface area (Å²) < 4.78 is 7.78. The molecule has 1 fully saturated rings. The molecule has 0 aromatic heterocycles. The SMILES string of the molecule is CCOc1c(Br)cc(/C=C2/SC(=S)N(c3ccccc3)C2=O)cc1Br. The zero-order chi connectivity index (χ0) is 18.0. The number of rotatable bonds is 4. The molecule has 0 bridgehead atoms. The molecule has 0 spiro atoms. The first-order valence-corrected chi connectivity index (χ1v) is 10.3. The average Bonchev–Trinajstić information content (AvgIpc) is 2.85. The predicted octanol–water partition coefficient (Wildman–Crippen LogP) is 6.02. The minimum absolute atomic E-state index is 0.109. The van der Waals surface area contributed by atoms with E-state index < -0.39 is 0 Å². The summed E-state index contributed by atoms with van der Waals surface area (Å²) in [6, 6.07) is 13.3. The molecule has 25 heavy (non-hydrogen) atoms. The van der Waals surface area contributed by atoms with E-state index >= 15 is 0 Å². The molecule has 1 aliphatic heterocycles. The van der Waals surface area contributed by atoms with Crippen molar-refractivity contribution in [3.63, 3.8) is 0 Å². The molecule has 7 heteroatoms. The van der Waals surface area contributed by atoms with Gasteiger partial charge in [-0.1, -0.05) is 42.2 Å². The van der Waals surface area contributed by atoms with Crippen LogP contribution in [0.25, 0.3) is 6.08 Å². The van der Waals surface area contributed by atoms with E-state index in [1.54, 1.807) is 4.90 Å². The van der Waals surface area contributed by atoms with Crippen molar-refractivity contribution in [2.45, 2.75) is 6.92 Å². The van der Waals surface area contributed by atoms with Crippen molar-refractivity contribution >= 4 is 77.8 Å². The van der Waals surface area contributed by atoms with Crippen molar-refractivity contribution in [3.05, 3.63) is 61.9 Å². The Labute approximate surface area is 172 Å². The molecule has 0 radical (unpaired) electrons. The Balaban J connectivity index is 1.93. The fourth-order valence-electron chi connectivity index (χ4n) is 2.36. The topological polar surface area (TPSA) is 29.5 Å². The highest BCUT2D eigenvalue weighted by molar-refractivity contribution is 9.11. The van der Waals surface area contributed by atoms with E-state index in [2.05, 4.69) is 31.9 Å². The molecule has 128 valence electrons. The van der Waals surface area contributed by atoms with Gasteiger partial charge in [0.2, 0.25) is 0 Å². The molecule has 0 aliphatic carbocycles. The van der Waals surface area contributed by atoms with Crippen LogP contribution >= 0.6 is 55.8 Å². The summed E-state index contributed by atoms with van der Waals surface area (Å²) in [7, 11) is 0. The molecule has 2 aromatic rings. The zero-order valence-corrected chi connectivity index (χ0v) is 18.0. The lowest BCUT2D eigenvalue weighted by atomic mass is 10.2. The summed E-state index contributed by atoms with van der Waals surface area (Å²) in [6.07, 6.45) is 1.84. The van der Waals surface area contributed by atoms with Crippen molar-refractivity contribution in [1.29, 1.82) is 0 Å². The number of anilines is 1. The molecule has 0 N–H and O–H groups in total. The Kier molecular flexibility index (Phi) is 5.99. The first-order chi connectivity index (χ1) is 12.0. The molecule has 3 nitrogen and oxygen atoms in total. The molecule has 1 heterocycles. The molecule has 3 rings (SSSR count). The quantitative estimate of drug-likeness (QED) is 0.381. The molecule has 0 saturated carbocycles. The molecule has 1 aliphatic rings.